The lowest BCUT2D eigenvalue weighted by Crippen LogP contribution is -2.36. The maximum absolute atomic E-state index is 8.80. The molecule has 16 heavy (non-hydrogen) atoms. The number of hydrogen-bond acceptors (Lipinski definition) is 3. The molecule has 0 aliphatic carbocycles. The molecular weight excluding hydrogens is 200 g/mol. The maximum atomic E-state index is 8.80. The Hall–Kier alpha value is -0.900. The van der Waals surface area contributed by atoms with Gasteiger partial charge in [-0.05, 0) is 43.0 Å². The van der Waals surface area contributed by atoms with Gasteiger partial charge in [-0.1, -0.05) is 12.1 Å². The summed E-state index contributed by atoms with van der Waals surface area (Å²) in [7, 11) is 0. The monoisotopic (exact) mass is 222 g/mol. The van der Waals surface area contributed by atoms with Crippen molar-refractivity contribution in [2.24, 2.45) is 5.73 Å². The molecule has 1 aromatic carbocycles. The van der Waals surface area contributed by atoms with Crippen molar-refractivity contribution >= 4 is 0 Å². The van der Waals surface area contributed by atoms with Crippen LogP contribution in [-0.4, -0.2) is 24.3 Å². The van der Waals surface area contributed by atoms with Gasteiger partial charge in [-0.3, -0.25) is 0 Å². The zero-order valence-electron chi connectivity index (χ0n) is 10.4. The molecule has 0 aliphatic rings. The van der Waals surface area contributed by atoms with E-state index in [1.54, 1.807) is 0 Å². The fraction of sp³-hybridized carbons (Fsp3) is 0.538. The highest BCUT2D eigenvalue weighted by molar-refractivity contribution is 5.36. The Morgan fingerprint density at radius 2 is 1.81 bits per heavy atom. The van der Waals surface area contributed by atoms with Crippen LogP contribution < -0.4 is 11.1 Å². The van der Waals surface area contributed by atoms with E-state index in [0.29, 0.717) is 6.54 Å². The van der Waals surface area contributed by atoms with E-state index in [0.717, 1.165) is 6.54 Å². The molecule has 1 aromatic rings. The molecule has 1 rings (SSSR count). The molecule has 0 bridgehead atoms. The number of aliphatic hydroxyl groups excluding tert-OH is 1. The van der Waals surface area contributed by atoms with Gasteiger partial charge in [0.2, 0.25) is 0 Å². The van der Waals surface area contributed by atoms with Gasteiger partial charge in [0.1, 0.15) is 0 Å². The summed E-state index contributed by atoms with van der Waals surface area (Å²) in [5.41, 5.74) is 10.9. The van der Waals surface area contributed by atoms with Crippen LogP contribution in [0.2, 0.25) is 0 Å². The average molecular weight is 222 g/mol. The molecule has 90 valence electrons. The van der Waals surface area contributed by atoms with E-state index in [9.17, 15) is 0 Å². The zero-order valence-corrected chi connectivity index (χ0v) is 10.4. The molecule has 1 atom stereocenters. The number of nitrogens with one attached hydrogen (secondary N) is 1. The lowest BCUT2D eigenvalue weighted by molar-refractivity contribution is 0.262. The smallest absolute Gasteiger partial charge is 0.0594 e. The van der Waals surface area contributed by atoms with Crippen molar-refractivity contribution in [3.05, 3.63) is 34.4 Å². The molecule has 0 fully saturated rings. The summed E-state index contributed by atoms with van der Waals surface area (Å²) in [6.45, 7) is 7.84. The number of hydrogen-bond donors (Lipinski definition) is 3. The van der Waals surface area contributed by atoms with Crippen LogP contribution in [0.15, 0.2) is 12.1 Å². The van der Waals surface area contributed by atoms with Crippen LogP contribution in [0, 0.1) is 20.8 Å². The highest BCUT2D eigenvalue weighted by Gasteiger charge is 2.03. The first-order valence-corrected chi connectivity index (χ1v) is 5.68. The van der Waals surface area contributed by atoms with Crippen LogP contribution in [-0.2, 0) is 6.54 Å². The molecule has 0 saturated carbocycles. The van der Waals surface area contributed by atoms with Crippen molar-refractivity contribution in [1.82, 2.24) is 5.32 Å². The summed E-state index contributed by atoms with van der Waals surface area (Å²) >= 11 is 0. The Morgan fingerprint density at radius 3 is 2.44 bits per heavy atom. The second kappa shape index (κ2) is 5.99. The molecular formula is C13H22N2O. The van der Waals surface area contributed by atoms with E-state index in [1.165, 1.54) is 22.3 Å². The second-order valence-corrected chi connectivity index (χ2v) is 4.44. The molecule has 0 saturated heterocycles. The lowest BCUT2D eigenvalue weighted by atomic mass is 10.0. The van der Waals surface area contributed by atoms with Crippen molar-refractivity contribution in [2.75, 3.05) is 13.2 Å². The van der Waals surface area contributed by atoms with Crippen molar-refractivity contribution in [3.8, 4) is 0 Å². The summed E-state index contributed by atoms with van der Waals surface area (Å²) in [6.07, 6.45) is 0. The van der Waals surface area contributed by atoms with Crippen molar-refractivity contribution < 1.29 is 5.11 Å². The third kappa shape index (κ3) is 3.59. The first kappa shape index (κ1) is 13.2. The van der Waals surface area contributed by atoms with Gasteiger partial charge in [-0.25, -0.2) is 0 Å². The van der Waals surface area contributed by atoms with Crippen LogP contribution in [0.25, 0.3) is 0 Å². The Bertz CT molecular complexity index is 350. The largest absolute Gasteiger partial charge is 0.395 e. The van der Waals surface area contributed by atoms with E-state index in [2.05, 4.69) is 38.2 Å². The van der Waals surface area contributed by atoms with Gasteiger partial charge in [0.15, 0.2) is 0 Å². The first-order valence-electron chi connectivity index (χ1n) is 5.68. The van der Waals surface area contributed by atoms with Crippen LogP contribution in [0.3, 0.4) is 0 Å². The summed E-state index contributed by atoms with van der Waals surface area (Å²) in [4.78, 5) is 0. The number of benzene rings is 1. The average Bonchev–Trinajstić information content (AvgIpc) is 2.25. The SMILES string of the molecule is Cc1cc(C)c(CNCC(N)CO)cc1C. The molecule has 0 aromatic heterocycles. The van der Waals surface area contributed by atoms with Gasteiger partial charge in [0.05, 0.1) is 6.61 Å². The quantitative estimate of drug-likeness (QED) is 0.697. The van der Waals surface area contributed by atoms with Gasteiger partial charge in [-0.15, -0.1) is 0 Å². The summed E-state index contributed by atoms with van der Waals surface area (Å²) in [5, 5.41) is 12.1. The highest BCUT2D eigenvalue weighted by Crippen LogP contribution is 2.14. The van der Waals surface area contributed by atoms with Crippen LogP contribution >= 0.6 is 0 Å². The second-order valence-electron chi connectivity index (χ2n) is 4.44. The lowest BCUT2D eigenvalue weighted by Gasteiger charge is -2.13. The molecule has 0 spiro atoms. The van der Waals surface area contributed by atoms with E-state index in [4.69, 9.17) is 10.8 Å². The molecule has 1 unspecified atom stereocenters. The molecule has 4 N–H and O–H groups in total. The summed E-state index contributed by atoms with van der Waals surface area (Å²) in [6, 6.07) is 4.24. The minimum Gasteiger partial charge on any atom is -0.395 e. The molecule has 3 nitrogen and oxygen atoms in total. The van der Waals surface area contributed by atoms with Crippen LogP contribution in [0.4, 0.5) is 0 Å². The fourth-order valence-electron chi connectivity index (χ4n) is 1.67. The van der Waals surface area contributed by atoms with E-state index in [-0.39, 0.29) is 12.6 Å². The summed E-state index contributed by atoms with van der Waals surface area (Å²) in [5.74, 6) is 0. The van der Waals surface area contributed by atoms with E-state index in [1.807, 2.05) is 0 Å². The number of nitrogens with two attached hydrogens (primary N) is 1. The fourth-order valence-corrected chi connectivity index (χ4v) is 1.67. The van der Waals surface area contributed by atoms with E-state index < -0.39 is 0 Å². The minimum absolute atomic E-state index is 0.0267. The topological polar surface area (TPSA) is 58.3 Å². The number of aliphatic hydroxyl groups is 1. The van der Waals surface area contributed by atoms with Crippen molar-refractivity contribution in [3.63, 3.8) is 0 Å². The zero-order chi connectivity index (χ0) is 12.1. The number of rotatable bonds is 5. The molecule has 3 heteroatoms. The molecule has 0 radical (unpaired) electrons. The van der Waals surface area contributed by atoms with Gasteiger partial charge < -0.3 is 16.2 Å². The third-order valence-electron chi connectivity index (χ3n) is 2.91. The third-order valence-corrected chi connectivity index (χ3v) is 2.91. The number of aryl methyl sites for hydroxylation is 3. The van der Waals surface area contributed by atoms with Gasteiger partial charge in [0, 0.05) is 19.1 Å². The minimum atomic E-state index is -0.174. The van der Waals surface area contributed by atoms with Gasteiger partial charge in [-0.2, -0.15) is 0 Å². The Balaban J connectivity index is 2.57. The predicted molar refractivity (Wildman–Crippen MR) is 67.4 cm³/mol. The maximum Gasteiger partial charge on any atom is 0.0594 e. The van der Waals surface area contributed by atoms with Gasteiger partial charge in [0.25, 0.3) is 0 Å². The normalized spacial score (nSPS) is 12.8. The van der Waals surface area contributed by atoms with Gasteiger partial charge >= 0.3 is 0 Å². The van der Waals surface area contributed by atoms with Crippen molar-refractivity contribution in [1.29, 1.82) is 0 Å². The van der Waals surface area contributed by atoms with Crippen LogP contribution in [0.1, 0.15) is 22.3 Å². The van der Waals surface area contributed by atoms with Crippen LogP contribution in [0.5, 0.6) is 0 Å². The first-order chi connectivity index (χ1) is 7.54. The summed E-state index contributed by atoms with van der Waals surface area (Å²) < 4.78 is 0. The predicted octanol–water partition coefficient (Wildman–Crippen LogP) is 1.02. The van der Waals surface area contributed by atoms with Crippen molar-refractivity contribution in [2.45, 2.75) is 33.4 Å². The Labute approximate surface area is 97.7 Å². The molecule has 0 aliphatic heterocycles. The Kier molecular flexibility index (Phi) is 4.93. The molecule has 0 amide bonds. The van der Waals surface area contributed by atoms with E-state index >= 15 is 0 Å². The Morgan fingerprint density at radius 1 is 1.19 bits per heavy atom. The standard InChI is InChI=1S/C13H22N2O/c1-9-4-11(3)12(5-10(9)2)6-15-7-13(14)8-16/h4-5,13,15-16H,6-8,14H2,1-3H3. The molecule has 0 heterocycles. The highest BCUT2D eigenvalue weighted by atomic mass is 16.3.